The third-order valence-corrected chi connectivity index (χ3v) is 2.14. The molecule has 0 fully saturated rings. The summed E-state index contributed by atoms with van der Waals surface area (Å²) in [6, 6.07) is 4.44. The van der Waals surface area contributed by atoms with E-state index in [-0.39, 0.29) is 11.2 Å². The summed E-state index contributed by atoms with van der Waals surface area (Å²) in [7, 11) is 0. The summed E-state index contributed by atoms with van der Waals surface area (Å²) in [5, 5.41) is 0. The maximum absolute atomic E-state index is 12.6. The van der Waals surface area contributed by atoms with Crippen LogP contribution in [0.25, 0.3) is 5.52 Å². The van der Waals surface area contributed by atoms with Crippen molar-refractivity contribution in [2.45, 2.75) is 13.1 Å². The van der Waals surface area contributed by atoms with Crippen LogP contribution >= 0.6 is 0 Å². The van der Waals surface area contributed by atoms with Crippen molar-refractivity contribution in [1.29, 1.82) is 0 Å². The summed E-state index contributed by atoms with van der Waals surface area (Å²) >= 11 is 0. The van der Waals surface area contributed by atoms with Crippen LogP contribution in [-0.2, 0) is 6.18 Å². The van der Waals surface area contributed by atoms with Crippen LogP contribution in [0.1, 0.15) is 23.2 Å². The number of rotatable bonds is 1. The number of nitrogens with zero attached hydrogens (tertiary/aromatic N) is 2. The van der Waals surface area contributed by atoms with Gasteiger partial charge in [-0.3, -0.25) is 9.20 Å². The summed E-state index contributed by atoms with van der Waals surface area (Å²) in [5.74, 6) is -1.56. The van der Waals surface area contributed by atoms with E-state index in [4.69, 9.17) is 0 Å². The summed E-state index contributed by atoms with van der Waals surface area (Å²) in [5.41, 5.74) is 0.00949. The molecule has 0 saturated heterocycles. The SMILES string of the molecule is CC(=O)c1nc(C(F)(F)F)n2ccccc12. The fourth-order valence-electron chi connectivity index (χ4n) is 1.50. The molecule has 0 atom stereocenters. The van der Waals surface area contributed by atoms with Crippen LogP contribution in [0.2, 0.25) is 0 Å². The number of aromatic nitrogens is 2. The van der Waals surface area contributed by atoms with Crippen LogP contribution < -0.4 is 0 Å². The van der Waals surface area contributed by atoms with E-state index < -0.39 is 17.8 Å². The Labute approximate surface area is 88.5 Å². The highest BCUT2D eigenvalue weighted by Crippen LogP contribution is 2.30. The van der Waals surface area contributed by atoms with Crippen LogP contribution in [0.3, 0.4) is 0 Å². The number of hydrogen-bond acceptors (Lipinski definition) is 2. The molecule has 3 nitrogen and oxygen atoms in total. The highest BCUT2D eigenvalue weighted by Gasteiger charge is 2.37. The van der Waals surface area contributed by atoms with Crippen LogP contribution in [0, 0.1) is 0 Å². The highest BCUT2D eigenvalue weighted by molar-refractivity contribution is 5.99. The Morgan fingerprint density at radius 3 is 2.62 bits per heavy atom. The number of Topliss-reactive ketones (excluding diaryl/α,β-unsaturated/α-hetero) is 1. The molecule has 0 N–H and O–H groups in total. The minimum absolute atomic E-state index is 0.159. The first-order chi connectivity index (χ1) is 7.41. The van der Waals surface area contributed by atoms with Crippen molar-refractivity contribution < 1.29 is 18.0 Å². The van der Waals surface area contributed by atoms with Crippen molar-refractivity contribution >= 4 is 11.3 Å². The lowest BCUT2D eigenvalue weighted by Crippen LogP contribution is -2.10. The predicted octanol–water partition coefficient (Wildman–Crippen LogP) is 2.56. The van der Waals surface area contributed by atoms with E-state index in [1.54, 1.807) is 6.07 Å². The number of pyridine rings is 1. The Bertz CT molecular complexity index is 557. The molecule has 84 valence electrons. The van der Waals surface area contributed by atoms with Crippen LogP contribution in [0.15, 0.2) is 24.4 Å². The number of imidazole rings is 1. The van der Waals surface area contributed by atoms with Crippen LogP contribution in [0.5, 0.6) is 0 Å². The van der Waals surface area contributed by atoms with Crippen molar-refractivity contribution in [3.63, 3.8) is 0 Å². The maximum Gasteiger partial charge on any atom is 0.450 e. The molecule has 6 heteroatoms. The zero-order valence-corrected chi connectivity index (χ0v) is 8.25. The van der Waals surface area contributed by atoms with Gasteiger partial charge in [0.15, 0.2) is 5.78 Å². The highest BCUT2D eigenvalue weighted by atomic mass is 19.4. The van der Waals surface area contributed by atoms with Crippen molar-refractivity contribution in [2.24, 2.45) is 0 Å². The molecule has 0 aromatic carbocycles. The van der Waals surface area contributed by atoms with Gasteiger partial charge in [-0.25, -0.2) is 4.98 Å². The lowest BCUT2D eigenvalue weighted by atomic mass is 10.2. The Balaban J connectivity index is 2.82. The zero-order valence-electron chi connectivity index (χ0n) is 8.25. The summed E-state index contributed by atoms with van der Waals surface area (Å²) in [6.07, 6.45) is -3.34. The van der Waals surface area contributed by atoms with E-state index in [1.807, 2.05) is 0 Å². The average Bonchev–Trinajstić information content (AvgIpc) is 2.56. The number of halogens is 3. The number of hydrogen-bond donors (Lipinski definition) is 0. The van der Waals surface area contributed by atoms with Gasteiger partial charge in [0.05, 0.1) is 5.52 Å². The quantitative estimate of drug-likeness (QED) is 0.703. The fourth-order valence-corrected chi connectivity index (χ4v) is 1.50. The Morgan fingerprint density at radius 1 is 1.38 bits per heavy atom. The molecule has 0 radical (unpaired) electrons. The molecule has 0 saturated carbocycles. The number of alkyl halides is 3. The summed E-state index contributed by atoms with van der Waals surface area (Å²) in [4.78, 5) is 14.5. The minimum atomic E-state index is -4.57. The summed E-state index contributed by atoms with van der Waals surface area (Å²) in [6.45, 7) is 1.19. The first kappa shape index (κ1) is 10.7. The fraction of sp³-hybridized carbons (Fsp3) is 0.200. The van der Waals surface area contributed by atoms with E-state index in [2.05, 4.69) is 4.98 Å². The molecule has 0 amide bonds. The lowest BCUT2D eigenvalue weighted by molar-refractivity contribution is -0.145. The minimum Gasteiger partial charge on any atom is -0.295 e. The van der Waals surface area contributed by atoms with E-state index >= 15 is 0 Å². The van der Waals surface area contributed by atoms with Crippen molar-refractivity contribution in [2.75, 3.05) is 0 Å². The molecule has 0 spiro atoms. The average molecular weight is 228 g/mol. The van der Waals surface area contributed by atoms with Crippen molar-refractivity contribution in [1.82, 2.24) is 9.38 Å². The molecular weight excluding hydrogens is 221 g/mol. The molecule has 0 aliphatic heterocycles. The standard InChI is InChI=1S/C10H7F3N2O/c1-6(16)8-7-4-2-3-5-15(7)9(14-8)10(11,12)13/h2-5H,1H3. The largest absolute Gasteiger partial charge is 0.450 e. The van der Waals surface area contributed by atoms with Gasteiger partial charge in [0.25, 0.3) is 0 Å². The monoisotopic (exact) mass is 228 g/mol. The van der Waals surface area contributed by atoms with Crippen LogP contribution in [0.4, 0.5) is 13.2 Å². The van der Waals surface area contributed by atoms with Gasteiger partial charge >= 0.3 is 6.18 Å². The van der Waals surface area contributed by atoms with Gasteiger partial charge in [0.2, 0.25) is 5.82 Å². The first-order valence-corrected chi connectivity index (χ1v) is 4.46. The van der Waals surface area contributed by atoms with Gasteiger partial charge in [-0.2, -0.15) is 13.2 Å². The number of fused-ring (bicyclic) bond motifs is 1. The molecular formula is C10H7F3N2O. The molecule has 2 aromatic rings. The van der Waals surface area contributed by atoms with Crippen molar-refractivity contribution in [3.05, 3.63) is 35.9 Å². The Kier molecular flexibility index (Phi) is 2.22. The van der Waals surface area contributed by atoms with E-state index in [1.165, 1.54) is 25.3 Å². The molecule has 2 aromatic heterocycles. The van der Waals surface area contributed by atoms with E-state index in [0.717, 1.165) is 4.40 Å². The molecule has 0 bridgehead atoms. The number of ketones is 1. The molecule has 2 rings (SSSR count). The Hall–Kier alpha value is -1.85. The second-order valence-electron chi connectivity index (χ2n) is 3.29. The Morgan fingerprint density at radius 2 is 2.06 bits per heavy atom. The van der Waals surface area contributed by atoms with Crippen LogP contribution in [-0.4, -0.2) is 15.2 Å². The van der Waals surface area contributed by atoms with Gasteiger partial charge in [-0.05, 0) is 12.1 Å². The third kappa shape index (κ3) is 1.56. The first-order valence-electron chi connectivity index (χ1n) is 4.46. The number of carbonyl (C=O) groups is 1. The maximum atomic E-state index is 12.6. The van der Waals surface area contributed by atoms with Gasteiger partial charge in [0, 0.05) is 13.1 Å². The van der Waals surface area contributed by atoms with E-state index in [0.29, 0.717) is 0 Å². The van der Waals surface area contributed by atoms with Gasteiger partial charge in [0.1, 0.15) is 5.69 Å². The topological polar surface area (TPSA) is 34.4 Å². The molecule has 16 heavy (non-hydrogen) atoms. The number of carbonyl (C=O) groups excluding carboxylic acids is 1. The third-order valence-electron chi connectivity index (χ3n) is 2.14. The molecule has 0 unspecified atom stereocenters. The summed E-state index contributed by atoms with van der Waals surface area (Å²) < 4.78 is 38.7. The lowest BCUT2D eigenvalue weighted by Gasteiger charge is -2.03. The predicted molar refractivity (Wildman–Crippen MR) is 50.2 cm³/mol. The van der Waals surface area contributed by atoms with Gasteiger partial charge in [-0.15, -0.1) is 0 Å². The second-order valence-corrected chi connectivity index (χ2v) is 3.29. The van der Waals surface area contributed by atoms with Crippen molar-refractivity contribution in [3.8, 4) is 0 Å². The molecule has 0 aliphatic carbocycles. The van der Waals surface area contributed by atoms with E-state index in [9.17, 15) is 18.0 Å². The normalized spacial score (nSPS) is 12.0. The molecule has 0 aliphatic rings. The van der Waals surface area contributed by atoms with Gasteiger partial charge in [-0.1, -0.05) is 6.07 Å². The smallest absolute Gasteiger partial charge is 0.295 e. The molecule has 2 heterocycles. The zero-order chi connectivity index (χ0) is 11.9. The van der Waals surface area contributed by atoms with Gasteiger partial charge < -0.3 is 0 Å². The second kappa shape index (κ2) is 3.33.